The highest BCUT2D eigenvalue weighted by Crippen LogP contribution is 2.35. The Bertz CT molecular complexity index is 619. The monoisotopic (exact) mass is 412 g/mol. The van der Waals surface area contributed by atoms with E-state index in [0.717, 1.165) is 12.8 Å². The first-order valence-electron chi connectivity index (χ1n) is 8.64. The molecule has 1 aromatic heterocycles. The van der Waals surface area contributed by atoms with Gasteiger partial charge in [0.15, 0.2) is 11.3 Å². The minimum absolute atomic E-state index is 0.0917. The van der Waals surface area contributed by atoms with Crippen molar-refractivity contribution in [1.82, 2.24) is 0 Å². The summed E-state index contributed by atoms with van der Waals surface area (Å²) in [6, 6.07) is 3.43. The van der Waals surface area contributed by atoms with Gasteiger partial charge in [-0.2, -0.15) is 0 Å². The zero-order chi connectivity index (χ0) is 18.4. The Hall–Kier alpha value is -1.56. The molecule has 6 heteroatoms. The van der Waals surface area contributed by atoms with Crippen LogP contribution in [0.2, 0.25) is 0 Å². The smallest absolute Gasteiger partial charge is 0.344 e. The average Bonchev–Trinajstić information content (AvgIpc) is 2.96. The van der Waals surface area contributed by atoms with Gasteiger partial charge < -0.3 is 13.9 Å². The maximum Gasteiger partial charge on any atom is 0.344 e. The molecular weight excluding hydrogens is 388 g/mol. The van der Waals surface area contributed by atoms with Gasteiger partial charge in [-0.1, -0.05) is 27.2 Å². The third-order valence-corrected chi connectivity index (χ3v) is 4.98. The second-order valence-corrected chi connectivity index (χ2v) is 7.72. The Morgan fingerprint density at radius 1 is 1.36 bits per heavy atom. The van der Waals surface area contributed by atoms with Crippen LogP contribution in [0.3, 0.4) is 0 Å². The molecule has 1 aliphatic carbocycles. The molecule has 0 amide bonds. The van der Waals surface area contributed by atoms with Gasteiger partial charge in [0.25, 0.3) is 0 Å². The zero-order valence-electron chi connectivity index (χ0n) is 14.9. The highest BCUT2D eigenvalue weighted by Gasteiger charge is 2.33. The molecule has 1 aliphatic rings. The van der Waals surface area contributed by atoms with E-state index < -0.39 is 11.9 Å². The Kier molecular flexibility index (Phi) is 7.29. The van der Waals surface area contributed by atoms with Crippen molar-refractivity contribution in [3.05, 3.63) is 28.6 Å². The molecule has 0 aliphatic heterocycles. The molecule has 0 spiro atoms. The number of furan rings is 1. The van der Waals surface area contributed by atoms with Gasteiger partial charge in [-0.15, -0.1) is 0 Å². The van der Waals surface area contributed by atoms with Gasteiger partial charge in [0.1, 0.15) is 11.9 Å². The van der Waals surface area contributed by atoms with E-state index in [1.807, 2.05) is 0 Å². The minimum Gasteiger partial charge on any atom is -0.460 e. The summed E-state index contributed by atoms with van der Waals surface area (Å²) in [7, 11) is 0. The summed E-state index contributed by atoms with van der Waals surface area (Å²) in [4.78, 5) is 23.7. The summed E-state index contributed by atoms with van der Waals surface area (Å²) in [6.45, 7) is 6.11. The van der Waals surface area contributed by atoms with Gasteiger partial charge >= 0.3 is 11.9 Å². The Morgan fingerprint density at radius 3 is 2.76 bits per heavy atom. The van der Waals surface area contributed by atoms with Crippen molar-refractivity contribution in [3.63, 3.8) is 0 Å². The van der Waals surface area contributed by atoms with Gasteiger partial charge in [0.2, 0.25) is 0 Å². The standard InChI is InChI=1S/C19H25BrO5/c1-12(2)15-7-4-13(3)10-16(15)25-19(22)11-23-18(21)9-6-14-5-8-17(20)24-14/h5-6,8-9,12-13,15-16H,4,7,10-11H2,1-3H3/b9-6+/t13-,15+,16+/m0/s1. The quantitative estimate of drug-likeness (QED) is 0.504. The number of esters is 2. The largest absolute Gasteiger partial charge is 0.460 e. The van der Waals surface area contributed by atoms with Crippen molar-refractivity contribution in [2.24, 2.45) is 17.8 Å². The number of hydrogen-bond donors (Lipinski definition) is 0. The number of carbonyl (C=O) groups excluding carboxylic acids is 2. The molecule has 3 atom stereocenters. The molecule has 2 rings (SSSR count). The maximum atomic E-state index is 12.0. The highest BCUT2D eigenvalue weighted by molar-refractivity contribution is 9.10. The van der Waals surface area contributed by atoms with Crippen LogP contribution in [0.15, 0.2) is 27.3 Å². The normalized spacial score (nSPS) is 23.8. The molecule has 1 aromatic rings. The fourth-order valence-corrected chi connectivity index (χ4v) is 3.52. The van der Waals surface area contributed by atoms with Crippen LogP contribution in [0.5, 0.6) is 0 Å². The second kappa shape index (κ2) is 9.22. The first-order valence-corrected chi connectivity index (χ1v) is 9.44. The number of carbonyl (C=O) groups is 2. The van der Waals surface area contributed by atoms with Crippen molar-refractivity contribution in [2.75, 3.05) is 6.61 Å². The lowest BCUT2D eigenvalue weighted by atomic mass is 9.75. The van der Waals surface area contributed by atoms with Crippen LogP contribution in [0.25, 0.3) is 6.08 Å². The molecule has 1 fully saturated rings. The fourth-order valence-electron chi connectivity index (χ4n) is 3.20. The maximum absolute atomic E-state index is 12.0. The van der Waals surface area contributed by atoms with E-state index in [1.54, 1.807) is 12.1 Å². The molecule has 0 radical (unpaired) electrons. The van der Waals surface area contributed by atoms with Gasteiger partial charge in [0, 0.05) is 6.08 Å². The van der Waals surface area contributed by atoms with Crippen molar-refractivity contribution in [2.45, 2.75) is 46.1 Å². The van der Waals surface area contributed by atoms with Crippen molar-refractivity contribution < 1.29 is 23.5 Å². The van der Waals surface area contributed by atoms with Crippen molar-refractivity contribution in [1.29, 1.82) is 0 Å². The van der Waals surface area contributed by atoms with Gasteiger partial charge in [-0.25, -0.2) is 9.59 Å². The molecule has 1 heterocycles. The molecular formula is C19H25BrO5. The summed E-state index contributed by atoms with van der Waals surface area (Å²) in [5.74, 6) is 0.791. The highest BCUT2D eigenvalue weighted by atomic mass is 79.9. The van der Waals surface area contributed by atoms with Gasteiger partial charge in [-0.05, 0) is 64.7 Å². The van der Waals surface area contributed by atoms with E-state index in [1.165, 1.54) is 18.6 Å². The molecule has 0 N–H and O–H groups in total. The summed E-state index contributed by atoms with van der Waals surface area (Å²) in [5, 5.41) is 0. The summed E-state index contributed by atoms with van der Waals surface area (Å²) < 4.78 is 16.3. The van der Waals surface area contributed by atoms with Crippen LogP contribution < -0.4 is 0 Å². The molecule has 0 saturated heterocycles. The Morgan fingerprint density at radius 2 is 2.12 bits per heavy atom. The third-order valence-electron chi connectivity index (χ3n) is 4.55. The minimum atomic E-state index is -0.609. The molecule has 1 saturated carbocycles. The molecule has 138 valence electrons. The molecule has 5 nitrogen and oxygen atoms in total. The molecule has 0 bridgehead atoms. The molecule has 0 unspecified atom stereocenters. The molecule has 25 heavy (non-hydrogen) atoms. The average molecular weight is 413 g/mol. The van der Waals surface area contributed by atoms with Crippen LogP contribution in [-0.4, -0.2) is 24.6 Å². The topological polar surface area (TPSA) is 65.7 Å². The predicted octanol–water partition coefficient (Wildman–Crippen LogP) is 4.60. The van der Waals surface area contributed by atoms with E-state index in [2.05, 4.69) is 36.7 Å². The van der Waals surface area contributed by atoms with E-state index in [9.17, 15) is 9.59 Å². The summed E-state index contributed by atoms with van der Waals surface area (Å²) in [6.07, 6.45) is 5.72. The number of rotatable bonds is 6. The van der Waals surface area contributed by atoms with Crippen LogP contribution in [-0.2, 0) is 19.1 Å². The van der Waals surface area contributed by atoms with Gasteiger partial charge in [0.05, 0.1) is 0 Å². The fraction of sp³-hybridized carbons (Fsp3) is 0.579. The SMILES string of the molecule is CC(C)[C@H]1CC[C@H](C)C[C@H]1OC(=O)COC(=O)/C=C/c1ccc(Br)o1. The Balaban J connectivity index is 1.79. The summed E-state index contributed by atoms with van der Waals surface area (Å²) in [5.41, 5.74) is 0. The van der Waals surface area contributed by atoms with Gasteiger partial charge in [-0.3, -0.25) is 0 Å². The molecule has 0 aromatic carbocycles. The van der Waals surface area contributed by atoms with E-state index in [0.29, 0.717) is 28.2 Å². The first-order chi connectivity index (χ1) is 11.8. The lowest BCUT2D eigenvalue weighted by Crippen LogP contribution is -2.36. The van der Waals surface area contributed by atoms with Crippen molar-refractivity contribution >= 4 is 33.9 Å². The summed E-state index contributed by atoms with van der Waals surface area (Å²) >= 11 is 3.18. The number of halogens is 1. The van der Waals surface area contributed by atoms with Crippen LogP contribution in [0.1, 0.15) is 45.8 Å². The second-order valence-electron chi connectivity index (χ2n) is 6.94. The first kappa shape index (κ1) is 19.8. The number of hydrogen-bond acceptors (Lipinski definition) is 5. The van der Waals surface area contributed by atoms with E-state index in [-0.39, 0.29) is 12.7 Å². The Labute approximate surface area is 156 Å². The lowest BCUT2D eigenvalue weighted by Gasteiger charge is -2.36. The van der Waals surface area contributed by atoms with E-state index in [4.69, 9.17) is 13.9 Å². The third kappa shape index (κ3) is 6.34. The zero-order valence-corrected chi connectivity index (χ0v) is 16.5. The van der Waals surface area contributed by atoms with E-state index >= 15 is 0 Å². The predicted molar refractivity (Wildman–Crippen MR) is 97.6 cm³/mol. The van der Waals surface area contributed by atoms with Crippen molar-refractivity contribution in [3.8, 4) is 0 Å². The van der Waals surface area contributed by atoms with Crippen LogP contribution >= 0.6 is 15.9 Å². The number of ether oxygens (including phenoxy) is 2. The van der Waals surface area contributed by atoms with Crippen LogP contribution in [0, 0.1) is 17.8 Å². The lowest BCUT2D eigenvalue weighted by molar-refractivity contribution is -0.165. The van der Waals surface area contributed by atoms with Crippen LogP contribution in [0.4, 0.5) is 0 Å².